The molecule has 0 fully saturated rings. The number of benzene rings is 2. The normalized spacial score (nSPS) is 12.3. The number of hydrogen-bond acceptors (Lipinski definition) is 5. The Morgan fingerprint density at radius 3 is 2.29 bits per heavy atom. The first-order valence-electron chi connectivity index (χ1n) is 10.4. The van der Waals surface area contributed by atoms with Crippen molar-refractivity contribution in [3.8, 4) is 0 Å². The Labute approximate surface area is 195 Å². The smallest absolute Gasteiger partial charge is 0.408 e. The Morgan fingerprint density at radius 2 is 1.68 bits per heavy atom. The second-order valence-corrected chi connectivity index (χ2v) is 7.92. The van der Waals surface area contributed by atoms with E-state index in [-0.39, 0.29) is 31.2 Å². The number of amides is 2. The van der Waals surface area contributed by atoms with Gasteiger partial charge in [0.15, 0.2) is 0 Å². The van der Waals surface area contributed by atoms with Gasteiger partial charge in [0.2, 0.25) is 5.91 Å². The number of aliphatic carboxylic acids is 1. The molecule has 0 saturated carbocycles. The molecule has 0 spiro atoms. The van der Waals surface area contributed by atoms with Gasteiger partial charge in [0.1, 0.15) is 18.0 Å². The fourth-order valence-corrected chi connectivity index (χ4v) is 3.17. The number of pyridine rings is 1. The molecule has 0 aliphatic carbocycles. The highest BCUT2D eigenvalue weighted by molar-refractivity contribution is 5.92. The minimum absolute atomic E-state index is 0.0393. The van der Waals surface area contributed by atoms with E-state index in [1.807, 2.05) is 0 Å². The van der Waals surface area contributed by atoms with Crippen molar-refractivity contribution >= 4 is 23.7 Å². The molecule has 9 heteroatoms. The molecule has 0 aliphatic rings. The third kappa shape index (κ3) is 7.13. The van der Waals surface area contributed by atoms with Crippen LogP contribution in [0.2, 0.25) is 0 Å². The van der Waals surface area contributed by atoms with Gasteiger partial charge in [0.25, 0.3) is 0 Å². The highest BCUT2D eigenvalue weighted by atomic mass is 19.1. The second-order valence-electron chi connectivity index (χ2n) is 7.92. The lowest BCUT2D eigenvalue weighted by molar-refractivity contribution is -0.143. The van der Waals surface area contributed by atoms with Gasteiger partial charge in [-0.25, -0.2) is 14.0 Å². The van der Waals surface area contributed by atoms with Crippen LogP contribution < -0.4 is 10.6 Å². The van der Waals surface area contributed by atoms with E-state index in [0.717, 1.165) is 0 Å². The number of halogens is 1. The lowest BCUT2D eigenvalue weighted by Crippen LogP contribution is -2.53. The predicted octanol–water partition coefficient (Wildman–Crippen LogP) is 3.71. The summed E-state index contributed by atoms with van der Waals surface area (Å²) in [4.78, 5) is 40.1. The zero-order valence-electron chi connectivity index (χ0n) is 18.5. The van der Waals surface area contributed by atoms with Crippen molar-refractivity contribution in [2.45, 2.75) is 31.9 Å². The van der Waals surface area contributed by atoms with E-state index in [0.29, 0.717) is 22.4 Å². The monoisotopic (exact) mass is 465 g/mol. The van der Waals surface area contributed by atoms with Crippen LogP contribution >= 0.6 is 0 Å². The number of nitrogens with zero attached hydrogens (tertiary/aromatic N) is 1. The first-order chi connectivity index (χ1) is 16.2. The summed E-state index contributed by atoms with van der Waals surface area (Å²) in [6.07, 6.45) is 2.38. The molecule has 3 N–H and O–H groups in total. The van der Waals surface area contributed by atoms with Crippen molar-refractivity contribution < 1.29 is 28.6 Å². The zero-order chi connectivity index (χ0) is 24.6. The van der Waals surface area contributed by atoms with Gasteiger partial charge in [0.05, 0.1) is 6.42 Å². The number of carbonyl (C=O) groups is 3. The van der Waals surface area contributed by atoms with Crippen LogP contribution in [0, 0.1) is 5.82 Å². The van der Waals surface area contributed by atoms with E-state index in [9.17, 15) is 23.9 Å². The Morgan fingerprint density at radius 1 is 1.00 bits per heavy atom. The Hall–Kier alpha value is -4.27. The highest BCUT2D eigenvalue weighted by Gasteiger charge is 2.35. The van der Waals surface area contributed by atoms with E-state index in [2.05, 4.69) is 15.6 Å². The van der Waals surface area contributed by atoms with Gasteiger partial charge >= 0.3 is 12.1 Å². The van der Waals surface area contributed by atoms with Crippen LogP contribution in [0.15, 0.2) is 73.1 Å². The van der Waals surface area contributed by atoms with Crippen LogP contribution in [0.3, 0.4) is 0 Å². The maximum absolute atomic E-state index is 13.0. The largest absolute Gasteiger partial charge is 0.480 e. The first-order valence-corrected chi connectivity index (χ1v) is 10.4. The lowest BCUT2D eigenvalue weighted by Gasteiger charge is -2.25. The Kier molecular flexibility index (Phi) is 7.92. The quantitative estimate of drug-likeness (QED) is 0.443. The number of nitrogens with one attached hydrogen (secondary N) is 2. The summed E-state index contributed by atoms with van der Waals surface area (Å²) in [5.41, 5.74) is 0.974. The lowest BCUT2D eigenvalue weighted by atomic mass is 9.94. The SMILES string of the molecule is CC(Cc1cccnc1)(NC(=O)OCc1ccc(NC(=O)Cc2ccc(F)cc2)cc1)C(=O)O. The maximum atomic E-state index is 13.0. The summed E-state index contributed by atoms with van der Waals surface area (Å²) in [6.45, 7) is 1.31. The van der Waals surface area contributed by atoms with Gasteiger partial charge in [0, 0.05) is 24.5 Å². The zero-order valence-corrected chi connectivity index (χ0v) is 18.5. The summed E-state index contributed by atoms with van der Waals surface area (Å²) < 4.78 is 18.1. The number of anilines is 1. The number of rotatable bonds is 9. The molecule has 176 valence electrons. The predicted molar refractivity (Wildman–Crippen MR) is 122 cm³/mol. The van der Waals surface area contributed by atoms with Crippen LogP contribution in [0.1, 0.15) is 23.6 Å². The van der Waals surface area contributed by atoms with Crippen LogP contribution in [0.4, 0.5) is 14.9 Å². The van der Waals surface area contributed by atoms with Crippen LogP contribution in [-0.2, 0) is 33.8 Å². The molecule has 1 atom stereocenters. The molecule has 2 aromatic carbocycles. The van der Waals surface area contributed by atoms with Gasteiger partial charge in [-0.05, 0) is 53.9 Å². The van der Waals surface area contributed by atoms with Crippen molar-refractivity contribution in [2.75, 3.05) is 5.32 Å². The maximum Gasteiger partial charge on any atom is 0.408 e. The topological polar surface area (TPSA) is 118 Å². The summed E-state index contributed by atoms with van der Waals surface area (Å²) >= 11 is 0. The molecule has 2 amide bonds. The second kappa shape index (κ2) is 11.0. The average Bonchev–Trinajstić information content (AvgIpc) is 2.80. The van der Waals surface area contributed by atoms with Gasteiger partial charge in [-0.3, -0.25) is 9.78 Å². The minimum Gasteiger partial charge on any atom is -0.480 e. The van der Waals surface area contributed by atoms with E-state index >= 15 is 0 Å². The van der Waals surface area contributed by atoms with Crippen LogP contribution in [-0.4, -0.2) is 33.6 Å². The molecule has 34 heavy (non-hydrogen) atoms. The van der Waals surface area contributed by atoms with Gasteiger partial charge in [-0.2, -0.15) is 0 Å². The van der Waals surface area contributed by atoms with Gasteiger partial charge in [-0.1, -0.05) is 30.3 Å². The first kappa shape index (κ1) is 24.4. The molecular weight excluding hydrogens is 441 g/mol. The molecule has 0 radical (unpaired) electrons. The fourth-order valence-electron chi connectivity index (χ4n) is 3.17. The third-order valence-corrected chi connectivity index (χ3v) is 5.02. The van der Waals surface area contributed by atoms with Gasteiger partial charge < -0.3 is 20.5 Å². The number of hydrogen-bond donors (Lipinski definition) is 3. The third-order valence-electron chi connectivity index (χ3n) is 5.02. The van der Waals surface area contributed by atoms with Crippen molar-refractivity contribution in [3.05, 3.63) is 95.6 Å². The van der Waals surface area contributed by atoms with Crippen LogP contribution in [0.25, 0.3) is 0 Å². The number of carboxylic acid groups (broad SMARTS) is 1. The van der Waals surface area contributed by atoms with E-state index in [1.165, 1.54) is 25.3 Å². The van der Waals surface area contributed by atoms with Crippen molar-refractivity contribution in [3.63, 3.8) is 0 Å². The van der Waals surface area contributed by atoms with Crippen molar-refractivity contribution in [1.29, 1.82) is 0 Å². The average molecular weight is 465 g/mol. The molecule has 3 aromatic rings. The molecule has 8 nitrogen and oxygen atoms in total. The summed E-state index contributed by atoms with van der Waals surface area (Å²) in [6, 6.07) is 15.8. The molecule has 0 aliphatic heterocycles. The molecular formula is C25H24FN3O5. The van der Waals surface area contributed by atoms with Gasteiger partial charge in [-0.15, -0.1) is 0 Å². The summed E-state index contributed by atoms with van der Waals surface area (Å²) in [5.74, 6) is -1.82. The van der Waals surface area contributed by atoms with E-state index in [1.54, 1.807) is 54.7 Å². The summed E-state index contributed by atoms with van der Waals surface area (Å²) in [5, 5.41) is 14.7. The molecule has 1 unspecified atom stereocenters. The van der Waals surface area contributed by atoms with E-state index in [4.69, 9.17) is 4.74 Å². The number of carboxylic acids is 1. The molecule has 1 aromatic heterocycles. The van der Waals surface area contributed by atoms with Crippen molar-refractivity contribution in [1.82, 2.24) is 10.3 Å². The molecule has 1 heterocycles. The fraction of sp³-hybridized carbons (Fsp3) is 0.200. The van der Waals surface area contributed by atoms with E-state index < -0.39 is 17.6 Å². The van der Waals surface area contributed by atoms with Crippen molar-refractivity contribution in [2.24, 2.45) is 0 Å². The molecule has 0 bridgehead atoms. The standard InChI is InChI=1S/C25H24FN3O5/c1-25(23(31)32,14-19-3-2-12-27-15-19)29-24(33)34-16-18-6-10-21(11-7-18)28-22(30)13-17-4-8-20(26)9-5-17/h2-12,15H,13-14,16H2,1H3,(H,28,30)(H,29,33)(H,31,32). The number of ether oxygens (including phenoxy) is 1. The Balaban J connectivity index is 1.50. The van der Waals surface area contributed by atoms with Crippen LogP contribution in [0.5, 0.6) is 0 Å². The number of alkyl carbamates (subject to hydrolysis) is 1. The highest BCUT2D eigenvalue weighted by Crippen LogP contribution is 2.15. The summed E-state index contributed by atoms with van der Waals surface area (Å²) in [7, 11) is 0. The number of carbonyl (C=O) groups excluding carboxylic acids is 2. The number of aromatic nitrogens is 1. The molecule has 0 saturated heterocycles. The minimum atomic E-state index is -1.57. The Bertz CT molecular complexity index is 1140. The molecule has 3 rings (SSSR count).